The summed E-state index contributed by atoms with van der Waals surface area (Å²) < 4.78 is 5.26. The largest absolute Gasteiger partial charge is 0.382 e. The van der Waals surface area contributed by atoms with Crippen LogP contribution in [0.25, 0.3) is 0 Å². The molecule has 1 aliphatic heterocycles. The van der Waals surface area contributed by atoms with Crippen LogP contribution in [0.2, 0.25) is 0 Å². The summed E-state index contributed by atoms with van der Waals surface area (Å²) in [5.74, 6) is 0.721. The lowest BCUT2D eigenvalue weighted by molar-refractivity contribution is 0.146. The van der Waals surface area contributed by atoms with E-state index in [1.165, 1.54) is 25.7 Å². The van der Waals surface area contributed by atoms with Gasteiger partial charge in [0, 0.05) is 32.8 Å². The molecule has 0 spiro atoms. The molecule has 0 unspecified atom stereocenters. The number of nitrogens with two attached hydrogens (primary N) is 1. The Bertz CT molecular complexity index is 204. The maximum absolute atomic E-state index is 5.97. The van der Waals surface area contributed by atoms with Crippen molar-refractivity contribution < 1.29 is 4.74 Å². The third-order valence-electron chi connectivity index (χ3n) is 2.85. The van der Waals surface area contributed by atoms with Gasteiger partial charge in [-0.3, -0.25) is 4.99 Å². The first kappa shape index (κ1) is 17.0. The molecule has 0 aromatic carbocycles. The molecule has 1 heterocycles. The molecule has 1 saturated heterocycles. The molecule has 5 heteroatoms. The second kappa shape index (κ2) is 11.1. The van der Waals surface area contributed by atoms with Crippen molar-refractivity contribution in [1.82, 2.24) is 4.90 Å². The molecule has 4 nitrogen and oxygen atoms in total. The lowest BCUT2D eigenvalue weighted by atomic mass is 10.2. The quantitative estimate of drug-likeness (QED) is 0.356. The fourth-order valence-electron chi connectivity index (χ4n) is 1.90. The zero-order valence-electron chi connectivity index (χ0n) is 10.9. The molecule has 1 aliphatic rings. The fraction of sp³-hybridized carbons (Fsp3) is 0.917. The lowest BCUT2D eigenvalue weighted by Crippen LogP contribution is -2.38. The van der Waals surface area contributed by atoms with E-state index in [0.717, 1.165) is 45.2 Å². The Hall–Kier alpha value is -0.0400. The van der Waals surface area contributed by atoms with Crippen molar-refractivity contribution in [3.05, 3.63) is 0 Å². The van der Waals surface area contributed by atoms with Crippen LogP contribution in [0.3, 0.4) is 0 Å². The number of nitrogens with zero attached hydrogens (tertiary/aromatic N) is 2. The summed E-state index contributed by atoms with van der Waals surface area (Å²) in [6.07, 6.45) is 6.11. The number of hydrogen-bond donors (Lipinski definition) is 1. The number of rotatable bonds is 5. The first-order chi connectivity index (χ1) is 7.84. The number of likely N-dealkylation sites (tertiary alicyclic amines) is 1. The summed E-state index contributed by atoms with van der Waals surface area (Å²) in [5, 5.41) is 0. The minimum Gasteiger partial charge on any atom is -0.382 e. The first-order valence-corrected chi connectivity index (χ1v) is 6.47. The molecule has 1 rings (SSSR count). The van der Waals surface area contributed by atoms with Crippen LogP contribution >= 0.6 is 24.0 Å². The Morgan fingerprint density at radius 3 is 2.47 bits per heavy atom. The highest BCUT2D eigenvalue weighted by Crippen LogP contribution is 2.08. The summed E-state index contributed by atoms with van der Waals surface area (Å²) >= 11 is 0. The topological polar surface area (TPSA) is 50.9 Å². The fourth-order valence-corrected chi connectivity index (χ4v) is 1.90. The van der Waals surface area contributed by atoms with E-state index < -0.39 is 0 Å². The predicted molar refractivity (Wildman–Crippen MR) is 83.1 cm³/mol. The normalized spacial score (nSPS) is 17.5. The van der Waals surface area contributed by atoms with Crippen LogP contribution in [0.5, 0.6) is 0 Å². The monoisotopic (exact) mass is 355 g/mol. The van der Waals surface area contributed by atoms with Crippen LogP contribution in [0.15, 0.2) is 4.99 Å². The van der Waals surface area contributed by atoms with Crippen molar-refractivity contribution >= 4 is 29.9 Å². The van der Waals surface area contributed by atoms with Gasteiger partial charge in [-0.1, -0.05) is 12.8 Å². The zero-order chi connectivity index (χ0) is 11.6. The average molecular weight is 355 g/mol. The number of ether oxygens (including phenoxy) is 1. The summed E-state index contributed by atoms with van der Waals surface area (Å²) in [4.78, 5) is 6.62. The highest BCUT2D eigenvalue weighted by atomic mass is 127. The van der Waals surface area contributed by atoms with Crippen molar-refractivity contribution in [3.63, 3.8) is 0 Å². The van der Waals surface area contributed by atoms with Gasteiger partial charge in [0.25, 0.3) is 0 Å². The van der Waals surface area contributed by atoms with E-state index in [1.54, 1.807) is 0 Å². The molecule has 17 heavy (non-hydrogen) atoms. The van der Waals surface area contributed by atoms with Gasteiger partial charge >= 0.3 is 0 Å². The molecule has 0 amide bonds. The maximum Gasteiger partial charge on any atom is 0.191 e. The highest BCUT2D eigenvalue weighted by molar-refractivity contribution is 14.0. The maximum atomic E-state index is 5.97. The molecule has 0 radical (unpaired) electrons. The molecule has 102 valence electrons. The molecule has 1 fully saturated rings. The Morgan fingerprint density at radius 1 is 1.24 bits per heavy atom. The van der Waals surface area contributed by atoms with Gasteiger partial charge < -0.3 is 15.4 Å². The molecule has 0 saturated carbocycles. The van der Waals surface area contributed by atoms with Gasteiger partial charge in [0.05, 0.1) is 0 Å². The van der Waals surface area contributed by atoms with Gasteiger partial charge in [-0.15, -0.1) is 24.0 Å². The van der Waals surface area contributed by atoms with Gasteiger partial charge in [-0.2, -0.15) is 0 Å². The molecule has 0 atom stereocenters. The Balaban J connectivity index is 0.00000256. The number of guanidine groups is 1. The molecule has 0 aromatic rings. The van der Waals surface area contributed by atoms with Crippen molar-refractivity contribution in [3.8, 4) is 0 Å². The summed E-state index contributed by atoms with van der Waals surface area (Å²) in [7, 11) is 0. The first-order valence-electron chi connectivity index (χ1n) is 6.47. The van der Waals surface area contributed by atoms with Crippen molar-refractivity contribution in [2.24, 2.45) is 10.7 Å². The van der Waals surface area contributed by atoms with Crippen molar-refractivity contribution in [1.29, 1.82) is 0 Å². The third-order valence-corrected chi connectivity index (χ3v) is 2.85. The van der Waals surface area contributed by atoms with E-state index in [0.29, 0.717) is 0 Å². The average Bonchev–Trinajstić information content (AvgIpc) is 2.57. The minimum absolute atomic E-state index is 0. The van der Waals surface area contributed by atoms with Crippen molar-refractivity contribution in [2.45, 2.75) is 39.0 Å². The molecular formula is C12H26IN3O. The van der Waals surface area contributed by atoms with E-state index in [-0.39, 0.29) is 24.0 Å². The van der Waals surface area contributed by atoms with Crippen molar-refractivity contribution in [2.75, 3.05) is 32.8 Å². The second-order valence-electron chi connectivity index (χ2n) is 4.19. The minimum atomic E-state index is 0. The van der Waals surface area contributed by atoms with Gasteiger partial charge in [0.15, 0.2) is 5.96 Å². The van der Waals surface area contributed by atoms with E-state index in [4.69, 9.17) is 10.5 Å². The Labute approximate surface area is 122 Å². The van der Waals surface area contributed by atoms with Crippen LogP contribution in [-0.4, -0.2) is 43.7 Å². The van der Waals surface area contributed by atoms with Crippen LogP contribution in [-0.2, 0) is 4.74 Å². The number of aliphatic imine (C=N–C) groups is 1. The Kier molecular flexibility index (Phi) is 11.0. The lowest BCUT2D eigenvalue weighted by Gasteiger charge is -2.21. The van der Waals surface area contributed by atoms with Gasteiger partial charge in [0.1, 0.15) is 0 Å². The SMILES string of the molecule is CCOCCCN=C(N)N1CCCCCC1.I. The number of hydrogen-bond acceptors (Lipinski definition) is 2. The molecule has 0 aromatic heterocycles. The standard InChI is InChI=1S/C12H25N3O.HI/c1-2-16-11-7-8-14-12(13)15-9-5-3-4-6-10-15;/h2-11H2,1H3,(H2,13,14);1H. The van der Waals surface area contributed by atoms with E-state index in [1.807, 2.05) is 6.92 Å². The summed E-state index contributed by atoms with van der Waals surface area (Å²) in [6, 6.07) is 0. The van der Waals surface area contributed by atoms with E-state index in [2.05, 4.69) is 9.89 Å². The Morgan fingerprint density at radius 2 is 1.88 bits per heavy atom. The third kappa shape index (κ3) is 7.81. The highest BCUT2D eigenvalue weighted by Gasteiger charge is 2.10. The molecule has 2 N–H and O–H groups in total. The molecular weight excluding hydrogens is 329 g/mol. The van der Waals surface area contributed by atoms with Gasteiger partial charge in [-0.25, -0.2) is 0 Å². The second-order valence-corrected chi connectivity index (χ2v) is 4.19. The van der Waals surface area contributed by atoms with Gasteiger partial charge in [0.2, 0.25) is 0 Å². The van der Waals surface area contributed by atoms with Crippen LogP contribution in [0, 0.1) is 0 Å². The summed E-state index contributed by atoms with van der Waals surface area (Å²) in [6.45, 7) is 6.50. The van der Waals surface area contributed by atoms with Crippen LogP contribution in [0.1, 0.15) is 39.0 Å². The van der Waals surface area contributed by atoms with Gasteiger partial charge in [-0.05, 0) is 26.2 Å². The van der Waals surface area contributed by atoms with Crippen LogP contribution < -0.4 is 5.73 Å². The molecule has 0 bridgehead atoms. The zero-order valence-corrected chi connectivity index (χ0v) is 13.2. The predicted octanol–water partition coefficient (Wildman–Crippen LogP) is 2.22. The smallest absolute Gasteiger partial charge is 0.191 e. The summed E-state index contributed by atoms with van der Waals surface area (Å²) in [5.41, 5.74) is 5.97. The van der Waals surface area contributed by atoms with Crippen LogP contribution in [0.4, 0.5) is 0 Å². The van der Waals surface area contributed by atoms with E-state index >= 15 is 0 Å². The number of halogens is 1. The van der Waals surface area contributed by atoms with E-state index in [9.17, 15) is 0 Å². The molecule has 0 aliphatic carbocycles.